The molecule has 0 aliphatic heterocycles. The van der Waals surface area contributed by atoms with Crippen molar-refractivity contribution in [2.24, 2.45) is 0 Å². The fourth-order valence-electron chi connectivity index (χ4n) is 6.46. The topological polar surface area (TPSA) is 55.1 Å². The van der Waals surface area contributed by atoms with Crippen LogP contribution in [0.2, 0.25) is 0 Å². The molecule has 0 amide bonds. The molecule has 5 nitrogen and oxygen atoms in total. The summed E-state index contributed by atoms with van der Waals surface area (Å²) < 4.78 is 6.48. The van der Waals surface area contributed by atoms with Gasteiger partial charge in [0.25, 0.3) is 0 Å². The van der Waals surface area contributed by atoms with Crippen LogP contribution in [0, 0.1) is 0 Å². The average molecular weight is 643 g/mol. The van der Waals surface area contributed by atoms with Gasteiger partial charge in [-0.3, -0.25) is 0 Å². The Bertz CT molecular complexity index is 2530. The molecule has 50 heavy (non-hydrogen) atoms. The Hall–Kier alpha value is -6.85. The number of benzene rings is 7. The van der Waals surface area contributed by atoms with Crippen LogP contribution in [-0.4, -0.2) is 15.0 Å². The second-order valence-corrected chi connectivity index (χ2v) is 12.1. The minimum absolute atomic E-state index is 0.592. The van der Waals surface area contributed by atoms with Crippen LogP contribution >= 0.6 is 0 Å². The van der Waals surface area contributed by atoms with Crippen molar-refractivity contribution in [3.8, 4) is 45.3 Å². The molecule has 0 spiro atoms. The maximum Gasteiger partial charge on any atom is 0.164 e. The van der Waals surface area contributed by atoms with Crippen LogP contribution in [0.1, 0.15) is 0 Å². The van der Waals surface area contributed by atoms with Gasteiger partial charge in [0.05, 0.1) is 0 Å². The van der Waals surface area contributed by atoms with Crippen molar-refractivity contribution in [2.45, 2.75) is 0 Å². The molecule has 0 N–H and O–H groups in total. The van der Waals surface area contributed by atoms with Crippen molar-refractivity contribution in [1.82, 2.24) is 15.0 Å². The molecule has 0 radical (unpaired) electrons. The van der Waals surface area contributed by atoms with Crippen LogP contribution in [0.5, 0.6) is 0 Å². The average Bonchev–Trinajstić information content (AvgIpc) is 3.57. The molecule has 9 rings (SSSR count). The first kappa shape index (κ1) is 29.3. The first-order valence-electron chi connectivity index (χ1n) is 16.6. The number of hydrogen-bond acceptors (Lipinski definition) is 5. The van der Waals surface area contributed by atoms with E-state index in [0.29, 0.717) is 17.5 Å². The molecule has 0 saturated heterocycles. The predicted octanol–water partition coefficient (Wildman–Crippen LogP) is 11.9. The maximum atomic E-state index is 6.48. The molecule has 0 atom stereocenters. The molecule has 5 heteroatoms. The zero-order chi connectivity index (χ0) is 33.3. The highest BCUT2D eigenvalue weighted by atomic mass is 16.3. The molecule has 9 aromatic rings. The van der Waals surface area contributed by atoms with Gasteiger partial charge in [-0.15, -0.1) is 0 Å². The van der Waals surface area contributed by atoms with Gasteiger partial charge >= 0.3 is 0 Å². The number of rotatable bonds is 7. The molecule has 2 heterocycles. The van der Waals surface area contributed by atoms with Gasteiger partial charge in [0, 0.05) is 44.5 Å². The minimum Gasteiger partial charge on any atom is -0.456 e. The van der Waals surface area contributed by atoms with Gasteiger partial charge in [-0.05, 0) is 65.7 Å². The molecule has 0 aliphatic rings. The van der Waals surface area contributed by atoms with Crippen LogP contribution in [0.15, 0.2) is 186 Å². The molecule has 0 bridgehead atoms. The van der Waals surface area contributed by atoms with Crippen LogP contribution in [0.3, 0.4) is 0 Å². The lowest BCUT2D eigenvalue weighted by atomic mass is 10.0. The summed E-state index contributed by atoms with van der Waals surface area (Å²) in [5.74, 6) is 1.84. The Morgan fingerprint density at radius 1 is 0.320 bits per heavy atom. The summed E-state index contributed by atoms with van der Waals surface area (Å²) in [6.07, 6.45) is 0. The van der Waals surface area contributed by atoms with Crippen molar-refractivity contribution in [1.29, 1.82) is 0 Å². The second-order valence-electron chi connectivity index (χ2n) is 12.1. The fourth-order valence-corrected chi connectivity index (χ4v) is 6.46. The van der Waals surface area contributed by atoms with E-state index in [1.54, 1.807) is 0 Å². The molecule has 0 fully saturated rings. The number of para-hydroxylation sites is 1. The lowest BCUT2D eigenvalue weighted by Crippen LogP contribution is -2.09. The van der Waals surface area contributed by atoms with E-state index in [9.17, 15) is 0 Å². The summed E-state index contributed by atoms with van der Waals surface area (Å²) >= 11 is 0. The van der Waals surface area contributed by atoms with E-state index >= 15 is 0 Å². The smallest absolute Gasteiger partial charge is 0.164 e. The van der Waals surface area contributed by atoms with Gasteiger partial charge in [0.2, 0.25) is 0 Å². The molecular formula is C45H30N4O. The van der Waals surface area contributed by atoms with E-state index in [0.717, 1.165) is 61.3 Å². The number of fused-ring (bicyclic) bond motifs is 3. The number of nitrogens with zero attached hydrogens (tertiary/aromatic N) is 4. The third kappa shape index (κ3) is 5.57. The highest BCUT2D eigenvalue weighted by molar-refractivity contribution is 6.07. The monoisotopic (exact) mass is 642 g/mol. The number of aromatic nitrogens is 3. The molecular weight excluding hydrogens is 613 g/mol. The van der Waals surface area contributed by atoms with E-state index in [1.807, 2.05) is 78.9 Å². The van der Waals surface area contributed by atoms with Gasteiger partial charge in [0.1, 0.15) is 11.2 Å². The van der Waals surface area contributed by atoms with E-state index in [2.05, 4.69) is 108 Å². The predicted molar refractivity (Wildman–Crippen MR) is 204 cm³/mol. The number of hydrogen-bond donors (Lipinski definition) is 0. The van der Waals surface area contributed by atoms with Crippen LogP contribution in [-0.2, 0) is 0 Å². The van der Waals surface area contributed by atoms with E-state index in [1.165, 1.54) is 5.56 Å². The Morgan fingerprint density at radius 2 is 0.840 bits per heavy atom. The van der Waals surface area contributed by atoms with Crippen molar-refractivity contribution >= 4 is 39.0 Å². The molecule has 0 unspecified atom stereocenters. The van der Waals surface area contributed by atoms with Gasteiger partial charge in [0.15, 0.2) is 17.5 Å². The molecule has 236 valence electrons. The van der Waals surface area contributed by atoms with Crippen molar-refractivity contribution < 1.29 is 4.42 Å². The highest BCUT2D eigenvalue weighted by Gasteiger charge is 2.18. The summed E-state index contributed by atoms with van der Waals surface area (Å²) in [7, 11) is 0. The van der Waals surface area contributed by atoms with Crippen LogP contribution < -0.4 is 4.90 Å². The lowest BCUT2D eigenvalue weighted by molar-refractivity contribution is 0.669. The second kappa shape index (κ2) is 12.6. The first-order chi connectivity index (χ1) is 24.8. The van der Waals surface area contributed by atoms with Crippen molar-refractivity contribution in [3.05, 3.63) is 182 Å². The normalized spacial score (nSPS) is 11.2. The zero-order valence-electron chi connectivity index (χ0n) is 27.0. The summed E-state index contributed by atoms with van der Waals surface area (Å²) in [6, 6.07) is 62.3. The van der Waals surface area contributed by atoms with Gasteiger partial charge in [-0.2, -0.15) is 0 Å². The summed E-state index contributed by atoms with van der Waals surface area (Å²) in [4.78, 5) is 17.0. The number of furan rings is 1. The lowest BCUT2D eigenvalue weighted by Gasteiger charge is -2.26. The molecule has 2 aromatic heterocycles. The van der Waals surface area contributed by atoms with Crippen molar-refractivity contribution in [3.63, 3.8) is 0 Å². The van der Waals surface area contributed by atoms with E-state index in [4.69, 9.17) is 19.4 Å². The van der Waals surface area contributed by atoms with Crippen LogP contribution in [0.25, 0.3) is 67.2 Å². The Kier molecular flexibility index (Phi) is 7.41. The maximum absolute atomic E-state index is 6.48. The van der Waals surface area contributed by atoms with Crippen molar-refractivity contribution in [2.75, 3.05) is 4.90 Å². The highest BCUT2D eigenvalue weighted by Crippen LogP contribution is 2.40. The third-order valence-electron chi connectivity index (χ3n) is 8.90. The quantitative estimate of drug-likeness (QED) is 0.173. The number of anilines is 3. The summed E-state index contributed by atoms with van der Waals surface area (Å²) in [5, 5.41) is 2.06. The van der Waals surface area contributed by atoms with Crippen LogP contribution in [0.4, 0.5) is 17.1 Å². The summed E-state index contributed by atoms with van der Waals surface area (Å²) in [5.41, 5.74) is 9.85. The van der Waals surface area contributed by atoms with Gasteiger partial charge in [-0.25, -0.2) is 15.0 Å². The minimum atomic E-state index is 0.592. The van der Waals surface area contributed by atoms with E-state index in [-0.39, 0.29) is 0 Å². The molecule has 0 saturated carbocycles. The van der Waals surface area contributed by atoms with E-state index < -0.39 is 0 Å². The Balaban J connectivity index is 1.15. The Labute approximate surface area is 289 Å². The molecule has 7 aromatic carbocycles. The van der Waals surface area contributed by atoms with Gasteiger partial charge < -0.3 is 9.32 Å². The standard InChI is InChI=1S/C45H30N4O/c1-5-14-31(15-6-1)34-20-13-23-37(28-34)49(36-21-11-4-12-22-36)38-25-27-41-40(30-38)39-26-24-35(29-42(39)50-41)45-47-43(32-16-7-2-8-17-32)46-44(48-45)33-18-9-3-10-19-33/h1-30H. The largest absolute Gasteiger partial charge is 0.456 e. The first-order valence-corrected chi connectivity index (χ1v) is 16.6. The third-order valence-corrected chi connectivity index (χ3v) is 8.90. The molecule has 0 aliphatic carbocycles. The Morgan fingerprint density at radius 3 is 1.48 bits per heavy atom. The SMILES string of the molecule is c1ccc(-c2cccc(N(c3ccccc3)c3ccc4oc5cc(-c6nc(-c7ccccc7)nc(-c7ccccc7)n6)ccc5c4c3)c2)cc1. The fraction of sp³-hybridized carbons (Fsp3) is 0. The van der Waals surface area contributed by atoms with Gasteiger partial charge in [-0.1, -0.05) is 127 Å². The zero-order valence-corrected chi connectivity index (χ0v) is 27.0. The summed E-state index contributed by atoms with van der Waals surface area (Å²) in [6.45, 7) is 0.